The molecule has 0 bridgehead atoms. The first-order valence-corrected chi connectivity index (χ1v) is 16.6. The van der Waals surface area contributed by atoms with Gasteiger partial charge in [0.2, 0.25) is 0 Å². The van der Waals surface area contributed by atoms with Crippen LogP contribution in [0.1, 0.15) is 118 Å². The summed E-state index contributed by atoms with van der Waals surface area (Å²) < 4.78 is 33.6. The summed E-state index contributed by atoms with van der Waals surface area (Å²) in [6, 6.07) is 13.0. The van der Waals surface area contributed by atoms with Gasteiger partial charge in [-0.2, -0.15) is 8.42 Å². The molecule has 0 saturated heterocycles. The molecule has 0 spiro atoms. The van der Waals surface area contributed by atoms with Gasteiger partial charge in [0.15, 0.2) is 0 Å². The van der Waals surface area contributed by atoms with Gasteiger partial charge in [-0.25, -0.2) is 0 Å². The highest BCUT2D eigenvalue weighted by Crippen LogP contribution is 2.38. The topological polar surface area (TPSA) is 86.7 Å². The van der Waals surface area contributed by atoms with E-state index in [1.165, 1.54) is 51.4 Å². The van der Waals surface area contributed by atoms with E-state index in [9.17, 15) is 17.8 Å². The van der Waals surface area contributed by atoms with Crippen LogP contribution in [-0.4, -0.2) is 39.5 Å². The first-order chi connectivity index (χ1) is 19.0. The van der Waals surface area contributed by atoms with E-state index in [4.69, 9.17) is 0 Å². The van der Waals surface area contributed by atoms with Gasteiger partial charge in [-0.3, -0.25) is 9.35 Å². The fourth-order valence-corrected chi connectivity index (χ4v) is 5.78. The highest BCUT2D eigenvalue weighted by molar-refractivity contribution is 7.86. The van der Waals surface area contributed by atoms with Crippen molar-refractivity contribution in [3.63, 3.8) is 0 Å². The monoisotopic (exact) mass is 572 g/mol. The summed E-state index contributed by atoms with van der Waals surface area (Å²) in [5, 5.41) is 3.01. The minimum atomic E-state index is -4.32. The summed E-state index contributed by atoms with van der Waals surface area (Å²) in [5.74, 6) is -0.0970. The third-order valence-electron chi connectivity index (χ3n) is 7.89. The number of amides is 1. The molecule has 0 aliphatic rings. The Balaban J connectivity index is 2.15. The minimum Gasteiger partial charge on any atom is -0.377 e. The number of hydrogen-bond acceptors (Lipinski definition) is 4. The van der Waals surface area contributed by atoms with E-state index in [2.05, 4.69) is 17.1 Å². The van der Waals surface area contributed by atoms with Crippen LogP contribution < -0.4 is 10.2 Å². The van der Waals surface area contributed by atoms with Crippen LogP contribution in [0.5, 0.6) is 0 Å². The summed E-state index contributed by atoms with van der Waals surface area (Å²) in [6.07, 6.45) is 14.5. The van der Waals surface area contributed by atoms with E-state index in [1.807, 2.05) is 44.4 Å². The highest BCUT2D eigenvalue weighted by Gasteiger charge is 2.37. The van der Waals surface area contributed by atoms with E-state index in [0.717, 1.165) is 42.5 Å². The summed E-state index contributed by atoms with van der Waals surface area (Å²) in [4.78, 5) is 14.6. The third kappa shape index (κ3) is 10.2. The Hall–Kier alpha value is -2.38. The molecule has 224 valence electrons. The van der Waals surface area contributed by atoms with Crippen LogP contribution in [-0.2, 0) is 27.7 Å². The van der Waals surface area contributed by atoms with Crippen LogP contribution in [0.2, 0.25) is 0 Å². The fourth-order valence-electron chi connectivity index (χ4n) is 5.32. The molecule has 2 N–H and O–H groups in total. The zero-order valence-corrected chi connectivity index (χ0v) is 26.3. The highest BCUT2D eigenvalue weighted by atomic mass is 32.2. The second-order valence-electron chi connectivity index (χ2n) is 11.6. The summed E-state index contributed by atoms with van der Waals surface area (Å²) in [5.41, 5.74) is 4.47. The van der Waals surface area contributed by atoms with E-state index in [0.29, 0.717) is 24.1 Å². The van der Waals surface area contributed by atoms with E-state index in [1.54, 1.807) is 26.0 Å². The third-order valence-corrected chi connectivity index (χ3v) is 9.40. The second-order valence-corrected chi connectivity index (χ2v) is 13.6. The largest absolute Gasteiger partial charge is 0.377 e. The molecule has 0 aromatic heterocycles. The van der Waals surface area contributed by atoms with Crippen molar-refractivity contribution in [1.29, 1.82) is 0 Å². The Labute approximate surface area is 243 Å². The average molecular weight is 573 g/mol. The fraction of sp³-hybridized carbons (Fsp3) is 0.606. The van der Waals surface area contributed by atoms with Gasteiger partial charge in [-0.15, -0.1) is 0 Å². The van der Waals surface area contributed by atoms with Crippen LogP contribution >= 0.6 is 0 Å². The SMILES string of the molecule is CCCCCCCCCCCCc1c(C(C)(C)S(=O)(=O)O)ccc(N(C)C)c1CCCNC(=O)c1ccccc1. The smallest absolute Gasteiger partial charge is 0.274 e. The number of carbonyl (C=O) groups is 1. The van der Waals surface area contributed by atoms with Crippen LogP contribution in [0.4, 0.5) is 5.69 Å². The Morgan fingerprint density at radius 1 is 0.800 bits per heavy atom. The van der Waals surface area contributed by atoms with E-state index >= 15 is 0 Å². The van der Waals surface area contributed by atoms with Crippen molar-refractivity contribution in [1.82, 2.24) is 5.32 Å². The molecule has 2 aromatic carbocycles. The van der Waals surface area contributed by atoms with Crippen LogP contribution in [0.25, 0.3) is 0 Å². The van der Waals surface area contributed by atoms with Crippen molar-refractivity contribution in [2.45, 2.75) is 109 Å². The van der Waals surface area contributed by atoms with Crippen molar-refractivity contribution in [3.05, 3.63) is 64.7 Å². The Bertz CT molecular complexity index is 1140. The normalized spacial score (nSPS) is 11.9. The molecule has 0 radical (unpaired) electrons. The first-order valence-electron chi connectivity index (χ1n) is 15.1. The number of nitrogens with one attached hydrogen (secondary N) is 1. The predicted octanol–water partition coefficient (Wildman–Crippen LogP) is 7.70. The second kappa shape index (κ2) is 16.8. The molecule has 7 heteroatoms. The Morgan fingerprint density at radius 2 is 1.35 bits per heavy atom. The molecule has 40 heavy (non-hydrogen) atoms. The van der Waals surface area contributed by atoms with Gasteiger partial charge in [0.1, 0.15) is 4.75 Å². The number of benzene rings is 2. The molecule has 0 aliphatic carbocycles. The summed E-state index contributed by atoms with van der Waals surface area (Å²) in [7, 11) is -0.330. The lowest BCUT2D eigenvalue weighted by molar-refractivity contribution is 0.0953. The van der Waals surface area contributed by atoms with Gasteiger partial charge in [0.25, 0.3) is 16.0 Å². The molecule has 0 heterocycles. The van der Waals surface area contributed by atoms with Crippen LogP contribution in [0.3, 0.4) is 0 Å². The molecule has 0 saturated carbocycles. The standard InChI is InChI=1S/C33H52N2O4S/c1-6-7-8-9-10-11-12-13-14-18-22-28-29(23-19-26-34-32(36)27-20-16-15-17-21-27)31(35(4)5)25-24-30(28)33(2,3)40(37,38)39/h15-17,20-21,24-25H,6-14,18-19,22-23,26H2,1-5H3,(H,34,36)(H,37,38,39). The predicted molar refractivity (Wildman–Crippen MR) is 168 cm³/mol. The number of rotatable bonds is 19. The molecule has 6 nitrogen and oxygen atoms in total. The van der Waals surface area contributed by atoms with Crippen molar-refractivity contribution >= 4 is 21.7 Å². The zero-order chi connectivity index (χ0) is 29.6. The summed E-state index contributed by atoms with van der Waals surface area (Å²) >= 11 is 0. The number of carbonyl (C=O) groups excluding carboxylic acids is 1. The molecular weight excluding hydrogens is 520 g/mol. The lowest BCUT2D eigenvalue weighted by Gasteiger charge is -2.29. The number of anilines is 1. The van der Waals surface area contributed by atoms with Gasteiger partial charge >= 0.3 is 0 Å². The van der Waals surface area contributed by atoms with Crippen molar-refractivity contribution in [3.8, 4) is 0 Å². The van der Waals surface area contributed by atoms with Crippen LogP contribution in [0, 0.1) is 0 Å². The first kappa shape index (κ1) is 33.8. The number of nitrogens with zero attached hydrogens (tertiary/aromatic N) is 1. The van der Waals surface area contributed by atoms with Gasteiger partial charge in [-0.05, 0) is 74.4 Å². The van der Waals surface area contributed by atoms with Gasteiger partial charge in [0.05, 0.1) is 0 Å². The van der Waals surface area contributed by atoms with E-state index < -0.39 is 14.9 Å². The van der Waals surface area contributed by atoms with Crippen molar-refractivity contribution in [2.24, 2.45) is 0 Å². The molecule has 0 atom stereocenters. The molecule has 1 amide bonds. The maximum Gasteiger partial charge on any atom is 0.274 e. The molecule has 2 rings (SSSR count). The number of unbranched alkanes of at least 4 members (excludes halogenated alkanes) is 9. The Morgan fingerprint density at radius 3 is 1.90 bits per heavy atom. The van der Waals surface area contributed by atoms with Gasteiger partial charge in [-0.1, -0.05) is 89.0 Å². The molecule has 0 fully saturated rings. The lowest BCUT2D eigenvalue weighted by Crippen LogP contribution is -2.31. The van der Waals surface area contributed by atoms with Gasteiger partial charge < -0.3 is 10.2 Å². The molecule has 0 unspecified atom stereocenters. The molecular formula is C33H52N2O4S. The Kier molecular flexibility index (Phi) is 14.2. The van der Waals surface area contributed by atoms with E-state index in [-0.39, 0.29) is 5.91 Å². The average Bonchev–Trinajstić information content (AvgIpc) is 2.91. The molecule has 2 aromatic rings. The van der Waals surface area contributed by atoms with Gasteiger partial charge in [0, 0.05) is 31.9 Å². The lowest BCUT2D eigenvalue weighted by atomic mass is 9.86. The zero-order valence-electron chi connectivity index (χ0n) is 25.5. The van der Waals surface area contributed by atoms with Crippen molar-refractivity contribution < 1.29 is 17.8 Å². The quantitative estimate of drug-likeness (QED) is 0.133. The maximum absolute atomic E-state index is 12.5. The molecule has 0 aliphatic heterocycles. The maximum atomic E-state index is 12.5. The number of hydrogen-bond donors (Lipinski definition) is 2. The van der Waals surface area contributed by atoms with Crippen molar-refractivity contribution in [2.75, 3.05) is 25.5 Å². The summed E-state index contributed by atoms with van der Waals surface area (Å²) in [6.45, 7) is 5.92. The van der Waals surface area contributed by atoms with Crippen LogP contribution in [0.15, 0.2) is 42.5 Å². The minimum absolute atomic E-state index is 0.0970.